The van der Waals surface area contributed by atoms with Crippen LogP contribution in [0.2, 0.25) is 0 Å². The number of aromatic carboxylic acids is 1. The van der Waals surface area contributed by atoms with Crippen molar-refractivity contribution in [1.29, 1.82) is 0 Å². The van der Waals surface area contributed by atoms with Crippen molar-refractivity contribution in [2.75, 3.05) is 0 Å². The summed E-state index contributed by atoms with van der Waals surface area (Å²) in [5, 5.41) is 12.6. The molecule has 2 rings (SSSR count). The molecule has 4 heteroatoms. The van der Waals surface area contributed by atoms with E-state index in [1.54, 1.807) is 18.3 Å². The fraction of sp³-hybridized carbons (Fsp3) is 0.571. The SMILES string of the molecule is CC1(C)CCCC1NCc1ncccc1C(=O)O. The smallest absolute Gasteiger partial charge is 0.337 e. The summed E-state index contributed by atoms with van der Waals surface area (Å²) in [6.45, 7) is 5.04. The maximum Gasteiger partial charge on any atom is 0.337 e. The molecule has 1 atom stereocenters. The summed E-state index contributed by atoms with van der Waals surface area (Å²) in [5.74, 6) is -0.911. The molecule has 1 unspecified atom stereocenters. The van der Waals surface area contributed by atoms with E-state index in [-0.39, 0.29) is 5.41 Å². The highest BCUT2D eigenvalue weighted by atomic mass is 16.4. The zero-order valence-electron chi connectivity index (χ0n) is 10.9. The van der Waals surface area contributed by atoms with Gasteiger partial charge >= 0.3 is 5.97 Å². The van der Waals surface area contributed by atoms with Gasteiger partial charge in [-0.3, -0.25) is 4.98 Å². The van der Waals surface area contributed by atoms with Gasteiger partial charge in [-0.1, -0.05) is 20.3 Å². The third-order valence-corrected chi connectivity index (χ3v) is 3.89. The van der Waals surface area contributed by atoms with E-state index in [1.165, 1.54) is 12.8 Å². The van der Waals surface area contributed by atoms with Gasteiger partial charge in [-0.05, 0) is 30.4 Å². The number of hydrogen-bond donors (Lipinski definition) is 2. The normalized spacial score (nSPS) is 22.0. The lowest BCUT2D eigenvalue weighted by atomic mass is 9.87. The Morgan fingerprint density at radius 2 is 2.39 bits per heavy atom. The Labute approximate surface area is 107 Å². The minimum atomic E-state index is -0.911. The zero-order valence-corrected chi connectivity index (χ0v) is 10.9. The van der Waals surface area contributed by atoms with Gasteiger partial charge < -0.3 is 10.4 Å². The van der Waals surface area contributed by atoms with Crippen molar-refractivity contribution in [3.8, 4) is 0 Å². The number of pyridine rings is 1. The highest BCUT2D eigenvalue weighted by Crippen LogP contribution is 2.37. The molecule has 0 radical (unpaired) electrons. The van der Waals surface area contributed by atoms with Crippen LogP contribution in [0.25, 0.3) is 0 Å². The van der Waals surface area contributed by atoms with Crippen LogP contribution in [0.4, 0.5) is 0 Å². The van der Waals surface area contributed by atoms with Gasteiger partial charge in [0.05, 0.1) is 11.3 Å². The fourth-order valence-corrected chi connectivity index (χ4v) is 2.70. The molecule has 1 aromatic heterocycles. The van der Waals surface area contributed by atoms with Crippen LogP contribution < -0.4 is 5.32 Å². The van der Waals surface area contributed by atoms with Crippen molar-refractivity contribution >= 4 is 5.97 Å². The van der Waals surface area contributed by atoms with E-state index >= 15 is 0 Å². The maximum atomic E-state index is 11.1. The van der Waals surface area contributed by atoms with Crippen molar-refractivity contribution in [2.24, 2.45) is 5.41 Å². The third-order valence-electron chi connectivity index (χ3n) is 3.89. The molecule has 4 nitrogen and oxygen atoms in total. The molecule has 0 aromatic carbocycles. The summed E-state index contributed by atoms with van der Waals surface area (Å²) < 4.78 is 0. The largest absolute Gasteiger partial charge is 0.478 e. The molecule has 98 valence electrons. The lowest BCUT2D eigenvalue weighted by Crippen LogP contribution is -2.37. The molecular weight excluding hydrogens is 228 g/mol. The average Bonchev–Trinajstić information content (AvgIpc) is 2.66. The molecule has 0 amide bonds. The number of carboxylic acid groups (broad SMARTS) is 1. The van der Waals surface area contributed by atoms with Crippen molar-refractivity contribution in [3.05, 3.63) is 29.6 Å². The number of aromatic nitrogens is 1. The quantitative estimate of drug-likeness (QED) is 0.859. The Morgan fingerprint density at radius 3 is 3.00 bits per heavy atom. The number of carbonyl (C=O) groups is 1. The van der Waals surface area contributed by atoms with Crippen LogP contribution in [0.5, 0.6) is 0 Å². The molecule has 1 fully saturated rings. The molecule has 0 aliphatic heterocycles. The van der Waals surface area contributed by atoms with Crippen LogP contribution in [0.1, 0.15) is 49.2 Å². The van der Waals surface area contributed by atoms with Gasteiger partial charge in [0.2, 0.25) is 0 Å². The van der Waals surface area contributed by atoms with Crippen LogP contribution >= 0.6 is 0 Å². The Hall–Kier alpha value is -1.42. The van der Waals surface area contributed by atoms with E-state index in [0.29, 0.717) is 23.8 Å². The summed E-state index contributed by atoms with van der Waals surface area (Å²) >= 11 is 0. The van der Waals surface area contributed by atoms with Gasteiger partial charge in [0.15, 0.2) is 0 Å². The van der Waals surface area contributed by atoms with Crippen LogP contribution in [-0.2, 0) is 6.54 Å². The monoisotopic (exact) mass is 248 g/mol. The van der Waals surface area contributed by atoms with Gasteiger partial charge in [-0.2, -0.15) is 0 Å². The van der Waals surface area contributed by atoms with Crippen molar-refractivity contribution < 1.29 is 9.90 Å². The standard InChI is InChI=1S/C14H20N2O2/c1-14(2)7-3-6-12(14)16-9-11-10(13(17)18)5-4-8-15-11/h4-5,8,12,16H,3,6-7,9H2,1-2H3,(H,17,18). The van der Waals surface area contributed by atoms with Gasteiger partial charge in [-0.15, -0.1) is 0 Å². The zero-order chi connectivity index (χ0) is 13.2. The molecule has 0 spiro atoms. The molecule has 1 aliphatic carbocycles. The number of nitrogens with one attached hydrogen (secondary N) is 1. The number of rotatable bonds is 4. The van der Waals surface area contributed by atoms with E-state index < -0.39 is 5.97 Å². The molecule has 18 heavy (non-hydrogen) atoms. The average molecular weight is 248 g/mol. The summed E-state index contributed by atoms with van der Waals surface area (Å²) in [7, 11) is 0. The lowest BCUT2D eigenvalue weighted by Gasteiger charge is -2.28. The second-order valence-corrected chi connectivity index (χ2v) is 5.62. The van der Waals surface area contributed by atoms with Gasteiger partial charge in [0.1, 0.15) is 0 Å². The van der Waals surface area contributed by atoms with Crippen molar-refractivity contribution in [1.82, 2.24) is 10.3 Å². The summed E-state index contributed by atoms with van der Waals surface area (Å²) in [5.41, 5.74) is 1.20. The van der Waals surface area contributed by atoms with Gasteiger partial charge in [0, 0.05) is 18.8 Å². The molecule has 1 saturated carbocycles. The molecule has 1 aromatic rings. The molecule has 1 aliphatic rings. The van der Waals surface area contributed by atoms with Crippen molar-refractivity contribution in [3.63, 3.8) is 0 Å². The van der Waals surface area contributed by atoms with Crippen LogP contribution in [0, 0.1) is 5.41 Å². The first-order valence-corrected chi connectivity index (χ1v) is 6.41. The fourth-order valence-electron chi connectivity index (χ4n) is 2.70. The van der Waals surface area contributed by atoms with Gasteiger partial charge in [-0.25, -0.2) is 4.79 Å². The number of nitrogens with zero attached hydrogens (tertiary/aromatic N) is 1. The van der Waals surface area contributed by atoms with E-state index in [9.17, 15) is 4.79 Å². The second-order valence-electron chi connectivity index (χ2n) is 5.62. The van der Waals surface area contributed by atoms with Crippen molar-refractivity contribution in [2.45, 2.75) is 45.7 Å². The van der Waals surface area contributed by atoms with E-state index in [2.05, 4.69) is 24.1 Å². The summed E-state index contributed by atoms with van der Waals surface area (Å²) in [4.78, 5) is 15.2. The van der Waals surface area contributed by atoms with Crippen LogP contribution in [-0.4, -0.2) is 22.1 Å². The minimum absolute atomic E-state index is 0.290. The predicted molar refractivity (Wildman–Crippen MR) is 69.5 cm³/mol. The van der Waals surface area contributed by atoms with E-state index in [4.69, 9.17) is 5.11 Å². The first-order chi connectivity index (χ1) is 8.50. The molecule has 1 heterocycles. The first-order valence-electron chi connectivity index (χ1n) is 6.41. The highest BCUT2D eigenvalue weighted by molar-refractivity contribution is 5.88. The second kappa shape index (κ2) is 5.06. The Morgan fingerprint density at radius 1 is 1.61 bits per heavy atom. The minimum Gasteiger partial charge on any atom is -0.478 e. The van der Waals surface area contributed by atoms with E-state index in [1.807, 2.05) is 0 Å². The Bertz CT molecular complexity index is 443. The molecule has 2 N–H and O–H groups in total. The molecule has 0 saturated heterocycles. The number of carboxylic acids is 1. The maximum absolute atomic E-state index is 11.1. The highest BCUT2D eigenvalue weighted by Gasteiger charge is 2.34. The number of hydrogen-bond acceptors (Lipinski definition) is 3. The van der Waals surface area contributed by atoms with Crippen LogP contribution in [0.3, 0.4) is 0 Å². The first kappa shape index (κ1) is 13.0. The van der Waals surface area contributed by atoms with Gasteiger partial charge in [0.25, 0.3) is 0 Å². The predicted octanol–water partition coefficient (Wildman–Crippen LogP) is 2.45. The topological polar surface area (TPSA) is 62.2 Å². The Balaban J connectivity index is 2.04. The molecular formula is C14H20N2O2. The Kier molecular flexibility index (Phi) is 3.66. The molecule has 0 bridgehead atoms. The lowest BCUT2D eigenvalue weighted by molar-refractivity contribution is 0.0694. The third kappa shape index (κ3) is 2.70. The van der Waals surface area contributed by atoms with Crippen LogP contribution in [0.15, 0.2) is 18.3 Å². The van der Waals surface area contributed by atoms with E-state index in [0.717, 1.165) is 6.42 Å². The summed E-state index contributed by atoms with van der Waals surface area (Å²) in [6.07, 6.45) is 5.25. The summed E-state index contributed by atoms with van der Waals surface area (Å²) in [6, 6.07) is 3.71.